The Kier molecular flexibility index (Phi) is 4.63. The highest BCUT2D eigenvalue weighted by Crippen LogP contribution is 2.29. The Bertz CT molecular complexity index is 713. The number of hydrogen-bond donors (Lipinski definition) is 0. The third-order valence-corrected chi connectivity index (χ3v) is 4.20. The lowest BCUT2D eigenvalue weighted by Gasteiger charge is -2.31. The van der Waals surface area contributed by atoms with Gasteiger partial charge in [-0.2, -0.15) is 0 Å². The molecule has 23 heavy (non-hydrogen) atoms. The van der Waals surface area contributed by atoms with Gasteiger partial charge in [-0.1, -0.05) is 80.6 Å². The van der Waals surface area contributed by atoms with Crippen molar-refractivity contribution in [2.75, 3.05) is 12.2 Å². The molecule has 0 aliphatic carbocycles. The molecule has 2 aromatic carbocycles. The van der Waals surface area contributed by atoms with Gasteiger partial charge in [0.2, 0.25) is 0 Å². The summed E-state index contributed by atoms with van der Waals surface area (Å²) >= 11 is 0. The quantitative estimate of drug-likeness (QED) is 0.761. The van der Waals surface area contributed by atoms with E-state index in [9.17, 15) is 0 Å². The third kappa shape index (κ3) is 3.38. The van der Waals surface area contributed by atoms with E-state index >= 15 is 0 Å². The number of rotatable bonds is 4. The zero-order valence-corrected chi connectivity index (χ0v) is 13.9. The highest BCUT2D eigenvalue weighted by molar-refractivity contribution is 5.72. The molecule has 0 amide bonds. The van der Waals surface area contributed by atoms with Crippen LogP contribution >= 0.6 is 0 Å². The molecule has 0 saturated carbocycles. The Morgan fingerprint density at radius 3 is 2.48 bits per heavy atom. The van der Waals surface area contributed by atoms with E-state index in [-0.39, 0.29) is 6.04 Å². The molecule has 0 spiro atoms. The van der Waals surface area contributed by atoms with E-state index in [0.717, 1.165) is 5.69 Å². The second-order valence-corrected chi connectivity index (χ2v) is 6.10. The van der Waals surface area contributed by atoms with E-state index in [4.69, 9.17) is 4.84 Å². The Labute approximate surface area is 138 Å². The minimum absolute atomic E-state index is 0.0969. The highest BCUT2D eigenvalue weighted by Gasteiger charge is 2.19. The average molecular weight is 305 g/mol. The molecule has 1 aliphatic rings. The van der Waals surface area contributed by atoms with E-state index in [1.54, 1.807) is 7.11 Å². The first-order valence-electron chi connectivity index (χ1n) is 8.08. The zero-order chi connectivity index (χ0) is 16.2. The molecule has 2 heteroatoms. The molecule has 1 unspecified atom stereocenters. The molecule has 0 N–H and O–H groups in total. The molecule has 1 aliphatic heterocycles. The number of anilines is 1. The van der Waals surface area contributed by atoms with Crippen LogP contribution in [-0.4, -0.2) is 13.2 Å². The first-order chi connectivity index (χ1) is 11.2. The summed E-state index contributed by atoms with van der Waals surface area (Å²) in [5.41, 5.74) is 4.85. The van der Waals surface area contributed by atoms with Crippen molar-refractivity contribution >= 4 is 17.8 Å². The number of hydrogen-bond acceptors (Lipinski definition) is 2. The third-order valence-electron chi connectivity index (χ3n) is 4.20. The van der Waals surface area contributed by atoms with Crippen LogP contribution < -0.4 is 5.06 Å². The molecule has 1 atom stereocenters. The summed E-state index contributed by atoms with van der Waals surface area (Å²) in [6.07, 6.45) is 8.63. The normalized spacial score (nSPS) is 17.0. The van der Waals surface area contributed by atoms with Crippen LogP contribution in [0.25, 0.3) is 12.2 Å². The topological polar surface area (TPSA) is 12.5 Å². The SMILES string of the molecule is CON1c2ccccc2C=CC1/C=C/c1ccc(C(C)C)cc1. The van der Waals surface area contributed by atoms with Gasteiger partial charge in [-0.3, -0.25) is 4.84 Å². The van der Waals surface area contributed by atoms with E-state index in [2.05, 4.69) is 74.5 Å². The van der Waals surface area contributed by atoms with Crippen LogP contribution in [0.15, 0.2) is 60.7 Å². The summed E-state index contributed by atoms with van der Waals surface area (Å²) in [7, 11) is 1.72. The lowest BCUT2D eigenvalue weighted by atomic mass is 10.0. The monoisotopic (exact) mass is 305 g/mol. The van der Waals surface area contributed by atoms with Crippen LogP contribution in [0.4, 0.5) is 5.69 Å². The smallest absolute Gasteiger partial charge is 0.0933 e. The van der Waals surface area contributed by atoms with Gasteiger partial charge in [-0.15, -0.1) is 0 Å². The summed E-state index contributed by atoms with van der Waals surface area (Å²) < 4.78 is 0. The predicted octanol–water partition coefficient (Wildman–Crippen LogP) is 5.29. The maximum atomic E-state index is 5.60. The van der Waals surface area contributed by atoms with Crippen LogP contribution in [-0.2, 0) is 4.84 Å². The lowest BCUT2D eigenvalue weighted by Crippen LogP contribution is -2.33. The second-order valence-electron chi connectivity index (χ2n) is 6.10. The Morgan fingerprint density at radius 2 is 1.78 bits per heavy atom. The van der Waals surface area contributed by atoms with Crippen molar-refractivity contribution < 1.29 is 4.84 Å². The summed E-state index contributed by atoms with van der Waals surface area (Å²) in [5, 5.41) is 1.94. The van der Waals surface area contributed by atoms with Crippen LogP contribution in [0, 0.1) is 0 Å². The van der Waals surface area contributed by atoms with Crippen molar-refractivity contribution in [1.82, 2.24) is 0 Å². The molecule has 0 radical (unpaired) electrons. The van der Waals surface area contributed by atoms with Gasteiger partial charge in [0.25, 0.3) is 0 Å². The maximum Gasteiger partial charge on any atom is 0.0933 e. The fourth-order valence-electron chi connectivity index (χ4n) is 2.83. The Morgan fingerprint density at radius 1 is 1.04 bits per heavy atom. The molecule has 0 bridgehead atoms. The maximum absolute atomic E-state index is 5.60. The van der Waals surface area contributed by atoms with Crippen molar-refractivity contribution in [3.05, 3.63) is 77.4 Å². The fraction of sp³-hybridized carbons (Fsp3) is 0.238. The van der Waals surface area contributed by atoms with Crippen LogP contribution in [0.3, 0.4) is 0 Å². The van der Waals surface area contributed by atoms with Crippen molar-refractivity contribution in [2.24, 2.45) is 0 Å². The zero-order valence-electron chi connectivity index (χ0n) is 13.9. The van der Waals surface area contributed by atoms with E-state index in [0.29, 0.717) is 5.92 Å². The van der Waals surface area contributed by atoms with Crippen LogP contribution in [0.5, 0.6) is 0 Å². The Hall–Kier alpha value is -2.32. The minimum Gasteiger partial charge on any atom is -0.276 e. The van der Waals surface area contributed by atoms with Gasteiger partial charge in [-0.05, 0) is 28.7 Å². The van der Waals surface area contributed by atoms with Crippen LogP contribution in [0.1, 0.15) is 36.5 Å². The molecular formula is C21H23NO. The van der Waals surface area contributed by atoms with Crippen molar-refractivity contribution in [2.45, 2.75) is 25.8 Å². The summed E-state index contributed by atoms with van der Waals surface area (Å²) in [5.74, 6) is 0.565. The minimum atomic E-state index is 0.0969. The second kappa shape index (κ2) is 6.84. The number of fused-ring (bicyclic) bond motifs is 1. The van der Waals surface area contributed by atoms with Gasteiger partial charge in [-0.25, -0.2) is 5.06 Å². The van der Waals surface area contributed by atoms with Gasteiger partial charge in [0.05, 0.1) is 18.8 Å². The van der Waals surface area contributed by atoms with E-state index in [1.165, 1.54) is 16.7 Å². The standard InChI is InChI=1S/C21H23NO/c1-16(2)18-11-8-17(9-12-18)10-14-20-15-13-19-6-4-5-7-21(19)22(20)23-3/h4-16,20H,1-3H3/b14-10+. The van der Waals surface area contributed by atoms with Gasteiger partial charge in [0, 0.05) is 0 Å². The van der Waals surface area contributed by atoms with Gasteiger partial charge >= 0.3 is 0 Å². The summed E-state index contributed by atoms with van der Waals surface area (Å²) in [4.78, 5) is 5.60. The molecule has 0 saturated heterocycles. The van der Waals surface area contributed by atoms with Crippen LogP contribution in [0.2, 0.25) is 0 Å². The molecule has 0 fully saturated rings. The molecule has 0 aromatic heterocycles. The fourth-order valence-corrected chi connectivity index (χ4v) is 2.83. The first-order valence-corrected chi connectivity index (χ1v) is 8.08. The number of para-hydroxylation sites is 1. The Balaban J connectivity index is 1.80. The molecular weight excluding hydrogens is 282 g/mol. The largest absolute Gasteiger partial charge is 0.276 e. The van der Waals surface area contributed by atoms with Crippen molar-refractivity contribution in [3.63, 3.8) is 0 Å². The van der Waals surface area contributed by atoms with Gasteiger partial charge in [0.1, 0.15) is 0 Å². The number of hydroxylamine groups is 1. The van der Waals surface area contributed by atoms with Gasteiger partial charge in [0.15, 0.2) is 0 Å². The van der Waals surface area contributed by atoms with E-state index < -0.39 is 0 Å². The molecule has 2 nitrogen and oxygen atoms in total. The average Bonchev–Trinajstić information content (AvgIpc) is 2.59. The first kappa shape index (κ1) is 15.6. The molecule has 118 valence electrons. The number of nitrogens with zero attached hydrogens (tertiary/aromatic N) is 1. The van der Waals surface area contributed by atoms with Crippen molar-refractivity contribution in [3.8, 4) is 0 Å². The van der Waals surface area contributed by atoms with Gasteiger partial charge < -0.3 is 0 Å². The van der Waals surface area contributed by atoms with Crippen molar-refractivity contribution in [1.29, 1.82) is 0 Å². The number of benzene rings is 2. The highest BCUT2D eigenvalue weighted by atomic mass is 16.7. The lowest BCUT2D eigenvalue weighted by molar-refractivity contribution is 0.160. The predicted molar refractivity (Wildman–Crippen MR) is 98.3 cm³/mol. The molecule has 3 rings (SSSR count). The summed E-state index contributed by atoms with van der Waals surface area (Å²) in [6, 6.07) is 17.1. The van der Waals surface area contributed by atoms with E-state index in [1.807, 2.05) is 17.2 Å². The summed E-state index contributed by atoms with van der Waals surface area (Å²) in [6.45, 7) is 4.43. The molecule has 2 aromatic rings. The molecule has 1 heterocycles.